The zero-order valence-corrected chi connectivity index (χ0v) is 15.0. The summed E-state index contributed by atoms with van der Waals surface area (Å²) in [6, 6.07) is 5.96. The summed E-state index contributed by atoms with van der Waals surface area (Å²) in [5.74, 6) is -2.71. The Bertz CT molecular complexity index is 587. The predicted octanol–water partition coefficient (Wildman–Crippen LogP) is 5.34. The van der Waals surface area contributed by atoms with Gasteiger partial charge >= 0.3 is 0 Å². The van der Waals surface area contributed by atoms with E-state index in [1.54, 1.807) is 12.1 Å². The summed E-state index contributed by atoms with van der Waals surface area (Å²) < 4.78 is 27.1. The van der Waals surface area contributed by atoms with Crippen LogP contribution in [0, 0.1) is 11.3 Å². The van der Waals surface area contributed by atoms with Crippen molar-refractivity contribution in [2.75, 3.05) is 0 Å². The van der Waals surface area contributed by atoms with E-state index in [9.17, 15) is 18.7 Å². The van der Waals surface area contributed by atoms with Crippen LogP contribution in [0.3, 0.4) is 0 Å². The molecule has 1 fully saturated rings. The first-order valence-corrected chi connectivity index (χ1v) is 8.71. The van der Waals surface area contributed by atoms with Gasteiger partial charge in [0.25, 0.3) is 5.92 Å². The SMILES string of the molecule is C[C@H]1CCCCC1(C)CC(=O)c1ccc([C@](C)(O)C(C)(F)F)cc1. The van der Waals surface area contributed by atoms with Gasteiger partial charge in [-0.05, 0) is 30.2 Å². The number of aliphatic hydroxyl groups is 1. The zero-order valence-electron chi connectivity index (χ0n) is 15.0. The number of benzene rings is 1. The highest BCUT2D eigenvalue weighted by atomic mass is 19.3. The maximum Gasteiger partial charge on any atom is 0.277 e. The Morgan fingerprint density at radius 1 is 1.25 bits per heavy atom. The van der Waals surface area contributed by atoms with Crippen LogP contribution in [0.25, 0.3) is 0 Å². The lowest BCUT2D eigenvalue weighted by atomic mass is 9.65. The molecule has 134 valence electrons. The average Bonchev–Trinajstić information content (AvgIpc) is 2.49. The van der Waals surface area contributed by atoms with Crippen molar-refractivity contribution in [1.82, 2.24) is 0 Å². The molecule has 0 saturated heterocycles. The predicted molar refractivity (Wildman–Crippen MR) is 91.3 cm³/mol. The minimum Gasteiger partial charge on any atom is -0.379 e. The highest BCUT2D eigenvalue weighted by molar-refractivity contribution is 5.96. The topological polar surface area (TPSA) is 37.3 Å². The molecule has 0 aromatic heterocycles. The van der Waals surface area contributed by atoms with E-state index in [1.807, 2.05) is 0 Å². The quantitative estimate of drug-likeness (QED) is 0.736. The Kier molecular flexibility index (Phi) is 5.19. The molecule has 4 heteroatoms. The second kappa shape index (κ2) is 6.55. The number of alkyl halides is 2. The summed E-state index contributed by atoms with van der Waals surface area (Å²) in [5, 5.41) is 10.1. The Balaban J connectivity index is 2.15. The van der Waals surface area contributed by atoms with Crippen molar-refractivity contribution in [1.29, 1.82) is 0 Å². The van der Waals surface area contributed by atoms with Crippen LogP contribution in [0.2, 0.25) is 0 Å². The minimum atomic E-state index is -3.26. The zero-order chi connectivity index (χ0) is 18.2. The van der Waals surface area contributed by atoms with Crippen LogP contribution in [0.4, 0.5) is 8.78 Å². The van der Waals surface area contributed by atoms with Crippen LogP contribution in [0.15, 0.2) is 24.3 Å². The Morgan fingerprint density at radius 3 is 2.33 bits per heavy atom. The van der Waals surface area contributed by atoms with E-state index in [2.05, 4.69) is 13.8 Å². The fourth-order valence-corrected chi connectivity index (χ4v) is 3.54. The van der Waals surface area contributed by atoms with Gasteiger partial charge in [0, 0.05) is 18.9 Å². The molecule has 0 bridgehead atoms. The van der Waals surface area contributed by atoms with Gasteiger partial charge in [-0.15, -0.1) is 0 Å². The number of Topliss-reactive ketones (excluding diaryl/α,β-unsaturated/α-hetero) is 1. The molecule has 0 spiro atoms. The molecule has 1 unspecified atom stereocenters. The lowest BCUT2D eigenvalue weighted by Gasteiger charge is -2.39. The Morgan fingerprint density at radius 2 is 1.83 bits per heavy atom. The van der Waals surface area contributed by atoms with Crippen LogP contribution in [0.5, 0.6) is 0 Å². The van der Waals surface area contributed by atoms with Crippen LogP contribution < -0.4 is 0 Å². The van der Waals surface area contributed by atoms with Crippen LogP contribution in [-0.2, 0) is 5.60 Å². The van der Waals surface area contributed by atoms with E-state index < -0.39 is 11.5 Å². The molecule has 1 N–H and O–H groups in total. The van der Waals surface area contributed by atoms with Gasteiger partial charge in [0.2, 0.25) is 0 Å². The summed E-state index contributed by atoms with van der Waals surface area (Å²) in [6.07, 6.45) is 5.06. The van der Waals surface area contributed by atoms with Crippen molar-refractivity contribution in [2.45, 2.75) is 71.3 Å². The van der Waals surface area contributed by atoms with E-state index >= 15 is 0 Å². The first-order valence-electron chi connectivity index (χ1n) is 8.71. The molecule has 1 aromatic carbocycles. The first-order chi connectivity index (χ1) is 11.0. The van der Waals surface area contributed by atoms with Gasteiger partial charge in [-0.1, -0.05) is 57.4 Å². The molecular formula is C20H28F2O2. The normalized spacial score (nSPS) is 27.5. The van der Waals surface area contributed by atoms with Gasteiger partial charge in [0.15, 0.2) is 5.78 Å². The number of hydrogen-bond acceptors (Lipinski definition) is 2. The monoisotopic (exact) mass is 338 g/mol. The van der Waals surface area contributed by atoms with Crippen molar-refractivity contribution < 1.29 is 18.7 Å². The fraction of sp³-hybridized carbons (Fsp3) is 0.650. The van der Waals surface area contributed by atoms with Crippen molar-refractivity contribution in [2.24, 2.45) is 11.3 Å². The number of carbonyl (C=O) groups is 1. The smallest absolute Gasteiger partial charge is 0.277 e. The summed E-state index contributed by atoms with van der Waals surface area (Å²) in [7, 11) is 0. The molecule has 0 radical (unpaired) electrons. The molecule has 0 heterocycles. The lowest BCUT2D eigenvalue weighted by Crippen LogP contribution is -2.40. The molecule has 1 aliphatic rings. The van der Waals surface area contributed by atoms with Crippen molar-refractivity contribution in [3.63, 3.8) is 0 Å². The van der Waals surface area contributed by atoms with Crippen LogP contribution in [-0.4, -0.2) is 16.8 Å². The molecule has 3 atom stereocenters. The highest BCUT2D eigenvalue weighted by Gasteiger charge is 2.45. The van der Waals surface area contributed by atoms with Crippen LogP contribution >= 0.6 is 0 Å². The number of halogens is 2. The maximum absolute atomic E-state index is 13.5. The molecule has 2 nitrogen and oxygen atoms in total. The van der Waals surface area contributed by atoms with E-state index in [0.29, 0.717) is 24.8 Å². The molecule has 1 saturated carbocycles. The number of hydrogen-bond donors (Lipinski definition) is 1. The molecule has 1 aromatic rings. The Hall–Kier alpha value is -1.29. The minimum absolute atomic E-state index is 0.00987. The number of carbonyl (C=O) groups excluding carboxylic acids is 1. The molecule has 0 amide bonds. The van der Waals surface area contributed by atoms with Gasteiger partial charge in [-0.3, -0.25) is 4.79 Å². The van der Waals surface area contributed by atoms with Gasteiger partial charge in [0.05, 0.1) is 0 Å². The van der Waals surface area contributed by atoms with Crippen molar-refractivity contribution in [3.05, 3.63) is 35.4 Å². The van der Waals surface area contributed by atoms with Gasteiger partial charge in [-0.2, -0.15) is 0 Å². The number of rotatable bonds is 5. The van der Waals surface area contributed by atoms with E-state index in [0.717, 1.165) is 26.2 Å². The summed E-state index contributed by atoms with van der Waals surface area (Å²) in [4.78, 5) is 12.6. The van der Waals surface area contributed by atoms with E-state index in [-0.39, 0.29) is 16.8 Å². The number of ketones is 1. The summed E-state index contributed by atoms with van der Waals surface area (Å²) >= 11 is 0. The second-order valence-corrected chi connectivity index (χ2v) is 7.94. The standard InChI is InChI=1S/C20H28F2O2/c1-14-7-5-6-12-18(14,2)13-17(23)15-8-10-16(11-9-15)19(3,24)20(4,21)22/h8-11,14,24H,5-7,12-13H2,1-4H3/t14-,18?,19-/m0/s1. The summed E-state index contributed by atoms with van der Waals surface area (Å²) in [6.45, 7) is 6.16. The third-order valence-electron chi connectivity index (χ3n) is 6.01. The fourth-order valence-electron chi connectivity index (χ4n) is 3.54. The average molecular weight is 338 g/mol. The molecule has 1 aliphatic carbocycles. The van der Waals surface area contributed by atoms with Crippen molar-refractivity contribution in [3.8, 4) is 0 Å². The van der Waals surface area contributed by atoms with Gasteiger partial charge in [0.1, 0.15) is 5.60 Å². The molecule has 24 heavy (non-hydrogen) atoms. The maximum atomic E-state index is 13.5. The van der Waals surface area contributed by atoms with E-state index in [4.69, 9.17) is 0 Å². The first kappa shape index (κ1) is 19.0. The van der Waals surface area contributed by atoms with Gasteiger partial charge in [-0.25, -0.2) is 8.78 Å². The largest absolute Gasteiger partial charge is 0.379 e. The lowest BCUT2D eigenvalue weighted by molar-refractivity contribution is -0.165. The molecule has 2 rings (SSSR count). The van der Waals surface area contributed by atoms with Crippen molar-refractivity contribution >= 4 is 5.78 Å². The van der Waals surface area contributed by atoms with E-state index in [1.165, 1.54) is 18.6 Å². The third kappa shape index (κ3) is 3.69. The van der Waals surface area contributed by atoms with Crippen LogP contribution in [0.1, 0.15) is 75.7 Å². The molecular weight excluding hydrogens is 310 g/mol. The molecule has 0 aliphatic heterocycles. The van der Waals surface area contributed by atoms with Gasteiger partial charge < -0.3 is 5.11 Å². The second-order valence-electron chi connectivity index (χ2n) is 7.94. The summed E-state index contributed by atoms with van der Waals surface area (Å²) in [5.41, 5.74) is -1.61. The Labute approximate surface area is 143 Å². The third-order valence-corrected chi connectivity index (χ3v) is 6.01. The highest BCUT2D eigenvalue weighted by Crippen LogP contribution is 2.44.